The summed E-state index contributed by atoms with van der Waals surface area (Å²) in [4.78, 5) is 12.5. The van der Waals surface area contributed by atoms with E-state index in [4.69, 9.17) is 0 Å². The van der Waals surface area contributed by atoms with Crippen LogP contribution < -0.4 is 0 Å². The molecule has 0 atom stereocenters. The Morgan fingerprint density at radius 2 is 1.38 bits per heavy atom. The summed E-state index contributed by atoms with van der Waals surface area (Å²) >= 11 is 0. The van der Waals surface area contributed by atoms with Gasteiger partial charge in [-0.05, 0) is 5.92 Å². The van der Waals surface area contributed by atoms with Gasteiger partial charge in [-0.3, -0.25) is 4.79 Å². The van der Waals surface area contributed by atoms with Gasteiger partial charge in [0.15, 0.2) is 0 Å². The first-order valence-electron chi connectivity index (χ1n) is 5.24. The Morgan fingerprint density at radius 3 is 1.46 bits per heavy atom. The maximum atomic E-state index is 10.9. The fourth-order valence-electron chi connectivity index (χ4n) is 0.532. The van der Waals surface area contributed by atoms with Crippen molar-refractivity contribution < 1.29 is 4.79 Å². The van der Waals surface area contributed by atoms with Crippen LogP contribution in [0.15, 0.2) is 0 Å². The third-order valence-electron chi connectivity index (χ3n) is 1.08. The lowest BCUT2D eigenvalue weighted by atomic mass is 10.1. The SMILES string of the molecule is CC.CC.CC(C)CC(=O)N(C)C. The largest absolute Gasteiger partial charge is 0.349 e. The normalized spacial score (nSPS) is 7.77. The van der Waals surface area contributed by atoms with E-state index in [1.165, 1.54) is 0 Å². The number of carbonyl (C=O) groups is 1. The maximum absolute atomic E-state index is 10.9. The molecule has 0 aromatic heterocycles. The summed E-state index contributed by atoms with van der Waals surface area (Å²) in [6, 6.07) is 0. The van der Waals surface area contributed by atoms with Crippen molar-refractivity contribution in [3.05, 3.63) is 0 Å². The summed E-state index contributed by atoms with van der Waals surface area (Å²) in [5, 5.41) is 0. The van der Waals surface area contributed by atoms with Gasteiger partial charge in [0.05, 0.1) is 0 Å². The van der Waals surface area contributed by atoms with Crippen LogP contribution in [0.2, 0.25) is 0 Å². The molecule has 0 bridgehead atoms. The second kappa shape index (κ2) is 14.0. The van der Waals surface area contributed by atoms with Crippen LogP contribution in [-0.2, 0) is 4.79 Å². The predicted octanol–water partition coefficient (Wildman–Crippen LogP) is 3.17. The van der Waals surface area contributed by atoms with Crippen LogP contribution in [0, 0.1) is 5.92 Å². The third kappa shape index (κ3) is 18.4. The van der Waals surface area contributed by atoms with E-state index in [1.54, 1.807) is 19.0 Å². The Morgan fingerprint density at radius 1 is 1.08 bits per heavy atom. The molecule has 0 aromatic rings. The lowest BCUT2D eigenvalue weighted by Gasteiger charge is -2.10. The molecule has 0 fully saturated rings. The zero-order valence-electron chi connectivity index (χ0n) is 10.6. The molecular formula is C11H27NO. The van der Waals surface area contributed by atoms with Gasteiger partial charge in [0.2, 0.25) is 5.91 Å². The molecule has 0 spiro atoms. The Kier molecular flexibility index (Phi) is 19.7. The van der Waals surface area contributed by atoms with Crippen molar-refractivity contribution in [2.75, 3.05) is 14.1 Å². The minimum Gasteiger partial charge on any atom is -0.349 e. The van der Waals surface area contributed by atoms with Crippen LogP contribution in [-0.4, -0.2) is 24.9 Å². The summed E-state index contributed by atoms with van der Waals surface area (Å²) in [5.74, 6) is 0.685. The van der Waals surface area contributed by atoms with Crippen LogP contribution in [0.5, 0.6) is 0 Å². The Labute approximate surface area is 84.3 Å². The number of nitrogens with zero attached hydrogens (tertiary/aromatic N) is 1. The first kappa shape index (κ1) is 18.3. The average Bonchev–Trinajstić information content (AvgIpc) is 2.10. The molecule has 0 N–H and O–H groups in total. The van der Waals surface area contributed by atoms with Crippen molar-refractivity contribution in [3.8, 4) is 0 Å². The van der Waals surface area contributed by atoms with E-state index < -0.39 is 0 Å². The van der Waals surface area contributed by atoms with E-state index in [1.807, 2.05) is 41.5 Å². The standard InChI is InChI=1S/C7H15NO.2C2H6/c1-6(2)5-7(9)8(3)4;2*1-2/h6H,5H2,1-4H3;2*1-2H3. The van der Waals surface area contributed by atoms with E-state index in [0.717, 1.165) is 0 Å². The molecular weight excluding hydrogens is 162 g/mol. The zero-order chi connectivity index (χ0) is 11.4. The number of amides is 1. The predicted molar refractivity (Wildman–Crippen MR) is 60.8 cm³/mol. The second-order valence-corrected chi connectivity index (χ2v) is 2.89. The van der Waals surface area contributed by atoms with Gasteiger partial charge in [-0.25, -0.2) is 0 Å². The van der Waals surface area contributed by atoms with Gasteiger partial charge in [0.25, 0.3) is 0 Å². The highest BCUT2D eigenvalue weighted by Gasteiger charge is 2.04. The summed E-state index contributed by atoms with van der Waals surface area (Å²) in [5.41, 5.74) is 0. The van der Waals surface area contributed by atoms with Crippen LogP contribution in [0.4, 0.5) is 0 Å². The fourth-order valence-corrected chi connectivity index (χ4v) is 0.532. The maximum Gasteiger partial charge on any atom is 0.222 e. The molecule has 82 valence electrons. The molecule has 0 aliphatic rings. The molecule has 0 radical (unpaired) electrons. The Bertz CT molecular complexity index is 98.3. The quantitative estimate of drug-likeness (QED) is 0.653. The molecule has 0 heterocycles. The Balaban J connectivity index is -0.000000218. The third-order valence-corrected chi connectivity index (χ3v) is 1.08. The van der Waals surface area contributed by atoms with Gasteiger partial charge in [0.1, 0.15) is 0 Å². The second-order valence-electron chi connectivity index (χ2n) is 2.89. The fraction of sp³-hybridized carbons (Fsp3) is 0.909. The molecule has 0 unspecified atom stereocenters. The minimum absolute atomic E-state index is 0.213. The van der Waals surface area contributed by atoms with Gasteiger partial charge in [-0.2, -0.15) is 0 Å². The van der Waals surface area contributed by atoms with E-state index in [9.17, 15) is 4.79 Å². The summed E-state index contributed by atoms with van der Waals surface area (Å²) in [6.45, 7) is 12.1. The minimum atomic E-state index is 0.213. The monoisotopic (exact) mass is 189 g/mol. The Hall–Kier alpha value is -0.530. The zero-order valence-corrected chi connectivity index (χ0v) is 10.6. The molecule has 2 nitrogen and oxygen atoms in total. The molecule has 0 aromatic carbocycles. The summed E-state index contributed by atoms with van der Waals surface area (Å²) < 4.78 is 0. The highest BCUT2D eigenvalue weighted by atomic mass is 16.2. The van der Waals surface area contributed by atoms with Crippen molar-refractivity contribution >= 4 is 5.91 Å². The van der Waals surface area contributed by atoms with Gasteiger partial charge < -0.3 is 4.90 Å². The number of hydrogen-bond donors (Lipinski definition) is 0. The van der Waals surface area contributed by atoms with Gasteiger partial charge >= 0.3 is 0 Å². The average molecular weight is 189 g/mol. The van der Waals surface area contributed by atoms with Crippen molar-refractivity contribution in [2.24, 2.45) is 5.92 Å². The summed E-state index contributed by atoms with van der Waals surface area (Å²) in [7, 11) is 3.56. The van der Waals surface area contributed by atoms with Crippen molar-refractivity contribution in [1.29, 1.82) is 0 Å². The number of rotatable bonds is 2. The van der Waals surface area contributed by atoms with Crippen molar-refractivity contribution in [3.63, 3.8) is 0 Å². The molecule has 0 saturated heterocycles. The van der Waals surface area contributed by atoms with Gasteiger partial charge in [-0.15, -0.1) is 0 Å². The molecule has 0 aliphatic carbocycles. The molecule has 13 heavy (non-hydrogen) atoms. The van der Waals surface area contributed by atoms with Crippen LogP contribution >= 0.6 is 0 Å². The van der Waals surface area contributed by atoms with Crippen LogP contribution in [0.1, 0.15) is 48.0 Å². The van der Waals surface area contributed by atoms with Crippen LogP contribution in [0.3, 0.4) is 0 Å². The molecule has 1 amide bonds. The molecule has 0 aliphatic heterocycles. The first-order valence-corrected chi connectivity index (χ1v) is 5.24. The highest BCUT2D eigenvalue weighted by Crippen LogP contribution is 2.00. The summed E-state index contributed by atoms with van der Waals surface area (Å²) in [6.07, 6.45) is 0.660. The van der Waals surface area contributed by atoms with E-state index in [2.05, 4.69) is 0 Å². The highest BCUT2D eigenvalue weighted by molar-refractivity contribution is 5.75. The van der Waals surface area contributed by atoms with Gasteiger partial charge in [-0.1, -0.05) is 41.5 Å². The van der Waals surface area contributed by atoms with E-state index in [0.29, 0.717) is 12.3 Å². The first-order chi connectivity index (χ1) is 6.04. The topological polar surface area (TPSA) is 20.3 Å². The van der Waals surface area contributed by atoms with Crippen molar-refractivity contribution in [2.45, 2.75) is 48.0 Å². The number of hydrogen-bond acceptors (Lipinski definition) is 1. The lowest BCUT2D eigenvalue weighted by molar-refractivity contribution is -0.129. The molecule has 0 saturated carbocycles. The number of carbonyl (C=O) groups excluding carboxylic acids is 1. The molecule has 0 rings (SSSR count). The van der Waals surface area contributed by atoms with Crippen LogP contribution in [0.25, 0.3) is 0 Å². The van der Waals surface area contributed by atoms with Crippen molar-refractivity contribution in [1.82, 2.24) is 4.90 Å². The van der Waals surface area contributed by atoms with E-state index in [-0.39, 0.29) is 5.91 Å². The molecule has 2 heteroatoms. The smallest absolute Gasteiger partial charge is 0.222 e. The van der Waals surface area contributed by atoms with E-state index >= 15 is 0 Å². The lowest BCUT2D eigenvalue weighted by Crippen LogP contribution is -2.22. The van der Waals surface area contributed by atoms with Gasteiger partial charge in [0, 0.05) is 20.5 Å².